The molecule has 16 heavy (non-hydrogen) atoms. The van der Waals surface area contributed by atoms with E-state index < -0.39 is 0 Å². The van der Waals surface area contributed by atoms with Crippen LogP contribution in [0.15, 0.2) is 11.1 Å². The Bertz CT molecular complexity index is 427. The normalized spacial score (nSPS) is 20.2. The average Bonchev–Trinajstić information content (AvgIpc) is 2.78. The molecule has 0 aliphatic carbocycles. The summed E-state index contributed by atoms with van der Waals surface area (Å²) in [6.45, 7) is 1.39. The van der Waals surface area contributed by atoms with Crippen LogP contribution in [0, 0.1) is 0 Å². The van der Waals surface area contributed by atoms with Crippen LogP contribution in [0.1, 0.15) is 19.3 Å². The van der Waals surface area contributed by atoms with Crippen LogP contribution in [-0.2, 0) is 11.3 Å². The molecule has 1 aromatic heterocycles. The molecule has 2 heterocycles. The van der Waals surface area contributed by atoms with Crippen molar-refractivity contribution in [2.24, 2.45) is 0 Å². The highest BCUT2D eigenvalue weighted by Gasteiger charge is 2.15. The van der Waals surface area contributed by atoms with Crippen molar-refractivity contribution >= 4 is 17.3 Å². The number of hydrogen-bond donors (Lipinski definition) is 1. The van der Waals surface area contributed by atoms with Gasteiger partial charge < -0.3 is 10.5 Å². The van der Waals surface area contributed by atoms with E-state index in [2.05, 4.69) is 4.98 Å². The molecule has 0 amide bonds. The van der Waals surface area contributed by atoms with Crippen molar-refractivity contribution in [1.82, 2.24) is 9.55 Å². The van der Waals surface area contributed by atoms with Gasteiger partial charge in [0.05, 0.1) is 12.4 Å². The van der Waals surface area contributed by atoms with E-state index in [1.165, 1.54) is 10.9 Å². The first-order valence-corrected chi connectivity index (χ1v) is 5.68. The Kier molecular flexibility index (Phi) is 3.46. The van der Waals surface area contributed by atoms with Gasteiger partial charge in [-0.25, -0.2) is 4.98 Å². The van der Waals surface area contributed by atoms with Gasteiger partial charge >= 0.3 is 0 Å². The molecule has 0 aromatic carbocycles. The number of nitrogens with zero attached hydrogens (tertiary/aromatic N) is 2. The zero-order chi connectivity index (χ0) is 11.5. The summed E-state index contributed by atoms with van der Waals surface area (Å²) >= 11 is 5.64. The summed E-state index contributed by atoms with van der Waals surface area (Å²) in [5.41, 5.74) is 5.24. The molecule has 1 aliphatic rings. The molecule has 0 saturated carbocycles. The number of rotatable bonds is 3. The molecular formula is C10H14ClN3O2. The first-order valence-electron chi connectivity index (χ1n) is 5.30. The lowest BCUT2D eigenvalue weighted by atomic mass is 10.2. The SMILES string of the molecule is Nc1c(Cl)ncn(CCC2CCCO2)c1=O. The zero-order valence-corrected chi connectivity index (χ0v) is 9.61. The second-order valence-electron chi connectivity index (χ2n) is 3.87. The minimum Gasteiger partial charge on any atom is -0.392 e. The van der Waals surface area contributed by atoms with Crippen molar-refractivity contribution in [2.45, 2.75) is 31.9 Å². The van der Waals surface area contributed by atoms with E-state index in [9.17, 15) is 4.79 Å². The summed E-state index contributed by atoms with van der Waals surface area (Å²) in [7, 11) is 0. The van der Waals surface area contributed by atoms with E-state index >= 15 is 0 Å². The molecular weight excluding hydrogens is 230 g/mol. The van der Waals surface area contributed by atoms with Gasteiger partial charge in [0.2, 0.25) is 0 Å². The Hall–Kier alpha value is -1.07. The van der Waals surface area contributed by atoms with E-state index in [1.807, 2.05) is 0 Å². The van der Waals surface area contributed by atoms with Crippen LogP contribution in [0.3, 0.4) is 0 Å². The summed E-state index contributed by atoms with van der Waals surface area (Å²) in [5.74, 6) is 0. The van der Waals surface area contributed by atoms with Crippen LogP contribution in [0.4, 0.5) is 5.69 Å². The topological polar surface area (TPSA) is 70.1 Å². The predicted octanol–water partition coefficient (Wildman–Crippen LogP) is 1.05. The Morgan fingerprint density at radius 3 is 3.19 bits per heavy atom. The fourth-order valence-electron chi connectivity index (χ4n) is 1.80. The molecule has 2 N–H and O–H groups in total. The predicted molar refractivity (Wildman–Crippen MR) is 61.5 cm³/mol. The van der Waals surface area contributed by atoms with Crippen molar-refractivity contribution in [3.05, 3.63) is 21.8 Å². The van der Waals surface area contributed by atoms with Gasteiger partial charge in [0, 0.05) is 13.2 Å². The lowest BCUT2D eigenvalue weighted by Crippen LogP contribution is -2.25. The maximum Gasteiger partial charge on any atom is 0.278 e. The molecule has 1 aliphatic heterocycles. The number of aromatic nitrogens is 2. The molecule has 88 valence electrons. The lowest BCUT2D eigenvalue weighted by Gasteiger charge is -2.10. The van der Waals surface area contributed by atoms with Gasteiger partial charge in [0.15, 0.2) is 5.15 Å². The molecule has 1 saturated heterocycles. The van der Waals surface area contributed by atoms with Crippen LogP contribution >= 0.6 is 11.6 Å². The quantitative estimate of drug-likeness (QED) is 0.806. The minimum atomic E-state index is -0.280. The summed E-state index contributed by atoms with van der Waals surface area (Å²) < 4.78 is 6.95. The van der Waals surface area contributed by atoms with Gasteiger partial charge in [-0.05, 0) is 19.3 Å². The van der Waals surface area contributed by atoms with E-state index in [0.29, 0.717) is 6.54 Å². The van der Waals surface area contributed by atoms with Gasteiger partial charge in [-0.2, -0.15) is 0 Å². The molecule has 1 fully saturated rings. The van der Waals surface area contributed by atoms with E-state index in [-0.39, 0.29) is 22.5 Å². The molecule has 1 atom stereocenters. The smallest absolute Gasteiger partial charge is 0.278 e. The first kappa shape index (κ1) is 11.4. The molecule has 6 heteroatoms. The zero-order valence-electron chi connectivity index (χ0n) is 8.86. The second kappa shape index (κ2) is 4.84. The third-order valence-corrected chi connectivity index (χ3v) is 3.04. The highest BCUT2D eigenvalue weighted by Crippen LogP contribution is 2.16. The molecule has 2 rings (SSSR count). The van der Waals surface area contributed by atoms with Crippen molar-refractivity contribution in [2.75, 3.05) is 12.3 Å². The summed E-state index contributed by atoms with van der Waals surface area (Å²) in [6.07, 6.45) is 4.65. The van der Waals surface area contributed by atoms with Crippen LogP contribution in [0.5, 0.6) is 0 Å². The third-order valence-electron chi connectivity index (χ3n) is 2.74. The molecule has 0 radical (unpaired) electrons. The van der Waals surface area contributed by atoms with E-state index in [0.717, 1.165) is 25.9 Å². The lowest BCUT2D eigenvalue weighted by molar-refractivity contribution is 0.100. The fraction of sp³-hybridized carbons (Fsp3) is 0.600. The van der Waals surface area contributed by atoms with E-state index in [1.54, 1.807) is 0 Å². The van der Waals surface area contributed by atoms with Crippen molar-refractivity contribution in [3.8, 4) is 0 Å². The maximum absolute atomic E-state index is 11.7. The molecule has 1 unspecified atom stereocenters. The van der Waals surface area contributed by atoms with Crippen LogP contribution in [0.25, 0.3) is 0 Å². The van der Waals surface area contributed by atoms with Crippen molar-refractivity contribution in [1.29, 1.82) is 0 Å². The number of aryl methyl sites for hydroxylation is 1. The highest BCUT2D eigenvalue weighted by molar-refractivity contribution is 6.31. The first-order chi connectivity index (χ1) is 7.68. The number of hydrogen-bond acceptors (Lipinski definition) is 4. The maximum atomic E-state index is 11.7. The Labute approximate surface area is 98.2 Å². The second-order valence-corrected chi connectivity index (χ2v) is 4.23. The van der Waals surface area contributed by atoms with Gasteiger partial charge in [-0.3, -0.25) is 9.36 Å². The summed E-state index contributed by atoms with van der Waals surface area (Å²) in [6, 6.07) is 0. The van der Waals surface area contributed by atoms with Crippen molar-refractivity contribution in [3.63, 3.8) is 0 Å². The number of nitrogen functional groups attached to an aromatic ring is 1. The van der Waals surface area contributed by atoms with Crippen molar-refractivity contribution < 1.29 is 4.74 Å². The summed E-state index contributed by atoms with van der Waals surface area (Å²) in [4.78, 5) is 15.5. The Morgan fingerprint density at radius 2 is 2.50 bits per heavy atom. The van der Waals surface area contributed by atoms with Gasteiger partial charge in [-0.1, -0.05) is 11.6 Å². The number of halogens is 1. The van der Waals surface area contributed by atoms with Crippen LogP contribution in [-0.4, -0.2) is 22.3 Å². The van der Waals surface area contributed by atoms with Crippen LogP contribution in [0.2, 0.25) is 5.15 Å². The van der Waals surface area contributed by atoms with Gasteiger partial charge in [0.25, 0.3) is 5.56 Å². The molecule has 1 aromatic rings. The largest absolute Gasteiger partial charge is 0.392 e. The van der Waals surface area contributed by atoms with Gasteiger partial charge in [-0.15, -0.1) is 0 Å². The minimum absolute atomic E-state index is 0.0107. The number of nitrogens with two attached hydrogens (primary N) is 1. The van der Waals surface area contributed by atoms with Crippen LogP contribution < -0.4 is 11.3 Å². The molecule has 0 bridgehead atoms. The Morgan fingerprint density at radius 1 is 1.69 bits per heavy atom. The molecule has 0 spiro atoms. The highest BCUT2D eigenvalue weighted by atomic mass is 35.5. The number of ether oxygens (including phenoxy) is 1. The van der Waals surface area contributed by atoms with E-state index in [4.69, 9.17) is 22.1 Å². The Balaban J connectivity index is 2.04. The number of anilines is 1. The fourth-order valence-corrected chi connectivity index (χ4v) is 1.92. The van der Waals surface area contributed by atoms with Gasteiger partial charge in [0.1, 0.15) is 5.69 Å². The average molecular weight is 244 g/mol. The monoisotopic (exact) mass is 243 g/mol. The molecule has 5 nitrogen and oxygen atoms in total. The standard InChI is InChI=1S/C10H14ClN3O2/c11-9-8(12)10(15)14(6-13-9)4-3-7-2-1-5-16-7/h6-7H,1-5,12H2. The summed E-state index contributed by atoms with van der Waals surface area (Å²) in [5, 5.41) is 0.0679. The third kappa shape index (κ3) is 2.36.